The molecule has 0 unspecified atom stereocenters. The molecule has 1 rings (SSSR count). The van der Waals surface area contributed by atoms with Gasteiger partial charge in [-0.3, -0.25) is 4.55 Å². The van der Waals surface area contributed by atoms with Crippen LogP contribution >= 0.6 is 11.6 Å². The Balaban J connectivity index is 3.47. The van der Waals surface area contributed by atoms with Crippen molar-refractivity contribution < 1.29 is 22.2 Å². The van der Waals surface area contributed by atoms with Crippen molar-refractivity contribution in [2.45, 2.75) is 5.03 Å². The van der Waals surface area contributed by atoms with E-state index in [2.05, 4.69) is 0 Å². The van der Waals surface area contributed by atoms with E-state index in [9.17, 15) is 12.9 Å². The summed E-state index contributed by atoms with van der Waals surface area (Å²) in [4.78, 5) is -0.323. The zero-order valence-electron chi connectivity index (χ0n) is 5.61. The Labute approximate surface area is 72.9 Å². The van der Waals surface area contributed by atoms with Crippen molar-refractivity contribution in [1.82, 2.24) is 0 Å². The van der Waals surface area contributed by atoms with Crippen LogP contribution < -0.4 is 4.79 Å². The normalized spacial score (nSPS) is 11.6. The van der Waals surface area contributed by atoms with E-state index in [4.69, 9.17) is 16.2 Å². The SMILES string of the molecule is O=S(=O)(O)c1cccc(Cl)[n+]1F. The quantitative estimate of drug-likeness (QED) is 0.548. The summed E-state index contributed by atoms with van der Waals surface area (Å²) < 4.78 is 42.1. The summed E-state index contributed by atoms with van der Waals surface area (Å²) in [7, 11) is -4.55. The molecule has 0 aromatic carbocycles. The Hall–Kier alpha value is -0.720. The third-order valence-electron chi connectivity index (χ3n) is 1.12. The van der Waals surface area contributed by atoms with E-state index >= 15 is 0 Å². The van der Waals surface area contributed by atoms with Gasteiger partial charge in [0.05, 0.1) is 9.27 Å². The highest BCUT2D eigenvalue weighted by Crippen LogP contribution is 2.07. The second-order valence-electron chi connectivity index (χ2n) is 1.94. The van der Waals surface area contributed by atoms with Gasteiger partial charge in [-0.05, 0) is 17.7 Å². The second kappa shape index (κ2) is 2.96. The third kappa shape index (κ3) is 1.71. The molecule has 4 nitrogen and oxygen atoms in total. The van der Waals surface area contributed by atoms with Crippen LogP contribution in [0, 0.1) is 0 Å². The van der Waals surface area contributed by atoms with E-state index in [-0.39, 0.29) is 4.79 Å². The minimum Gasteiger partial charge on any atom is -0.277 e. The molecular weight excluding hydrogens is 209 g/mol. The molecular formula is C5H4ClFNO3S+. The van der Waals surface area contributed by atoms with Gasteiger partial charge in [-0.25, -0.2) is 0 Å². The molecule has 1 aromatic rings. The maximum atomic E-state index is 12.7. The molecule has 0 amide bonds. The van der Waals surface area contributed by atoms with E-state index in [0.29, 0.717) is 0 Å². The van der Waals surface area contributed by atoms with E-state index in [1.807, 2.05) is 0 Å². The monoisotopic (exact) mass is 212 g/mol. The number of nitrogens with zero attached hydrogens (tertiary/aromatic N) is 1. The van der Waals surface area contributed by atoms with Crippen LogP contribution in [0.4, 0.5) is 4.48 Å². The summed E-state index contributed by atoms with van der Waals surface area (Å²) in [6.45, 7) is 0. The second-order valence-corrected chi connectivity index (χ2v) is 3.70. The van der Waals surface area contributed by atoms with Crippen molar-refractivity contribution in [2.24, 2.45) is 0 Å². The number of hydrogen-bond acceptors (Lipinski definition) is 2. The Morgan fingerprint density at radius 2 is 2.08 bits per heavy atom. The number of halogens is 2. The predicted molar refractivity (Wildman–Crippen MR) is 38.0 cm³/mol. The van der Waals surface area contributed by atoms with Gasteiger partial charge in [0.15, 0.2) is 0 Å². The van der Waals surface area contributed by atoms with Gasteiger partial charge in [0.25, 0.3) is 0 Å². The molecule has 0 spiro atoms. The van der Waals surface area contributed by atoms with Crippen LogP contribution in [-0.4, -0.2) is 13.0 Å². The van der Waals surface area contributed by atoms with Crippen molar-refractivity contribution in [2.75, 3.05) is 0 Å². The lowest BCUT2D eigenvalue weighted by molar-refractivity contribution is -0.872. The van der Waals surface area contributed by atoms with E-state index in [1.54, 1.807) is 0 Å². The van der Waals surface area contributed by atoms with Crippen molar-refractivity contribution in [3.05, 3.63) is 23.4 Å². The number of pyridine rings is 1. The molecule has 12 heavy (non-hydrogen) atoms. The summed E-state index contributed by atoms with van der Waals surface area (Å²) in [5, 5.41) is -1.32. The van der Waals surface area contributed by atoms with Gasteiger partial charge in [-0.1, -0.05) is 0 Å². The third-order valence-corrected chi connectivity index (χ3v) is 2.22. The van der Waals surface area contributed by atoms with Crippen LogP contribution in [0.15, 0.2) is 23.2 Å². The van der Waals surface area contributed by atoms with Gasteiger partial charge in [0, 0.05) is 12.1 Å². The van der Waals surface area contributed by atoms with Crippen LogP contribution in [0.5, 0.6) is 0 Å². The van der Waals surface area contributed by atoms with Gasteiger partial charge in [-0.15, -0.1) is 0 Å². The molecule has 0 aliphatic rings. The van der Waals surface area contributed by atoms with Crippen LogP contribution in [0.2, 0.25) is 5.15 Å². The van der Waals surface area contributed by atoms with Gasteiger partial charge < -0.3 is 0 Å². The van der Waals surface area contributed by atoms with Crippen LogP contribution in [0.25, 0.3) is 0 Å². The fourth-order valence-corrected chi connectivity index (χ4v) is 1.40. The highest BCUT2D eigenvalue weighted by molar-refractivity contribution is 7.85. The standard InChI is InChI=1S/C5H3ClFNO3S/c6-4-2-1-3-5(8(4)7)12(9,10)11/h1-3H/p+1. The average Bonchev–Trinajstić information content (AvgIpc) is 1.92. The van der Waals surface area contributed by atoms with Crippen molar-refractivity contribution in [1.29, 1.82) is 0 Å². The maximum absolute atomic E-state index is 12.7. The lowest BCUT2D eigenvalue weighted by Crippen LogP contribution is -2.31. The van der Waals surface area contributed by atoms with Crippen LogP contribution in [-0.2, 0) is 10.1 Å². The number of aromatic nitrogens is 1. The lowest BCUT2D eigenvalue weighted by Gasteiger charge is -1.89. The number of rotatable bonds is 1. The molecule has 1 N–H and O–H groups in total. The topological polar surface area (TPSA) is 58.3 Å². The number of hydrogen-bond donors (Lipinski definition) is 1. The van der Waals surface area contributed by atoms with E-state index < -0.39 is 20.3 Å². The van der Waals surface area contributed by atoms with Crippen molar-refractivity contribution in [3.63, 3.8) is 0 Å². The Kier molecular flexibility index (Phi) is 2.31. The predicted octanol–water partition coefficient (Wildman–Crippen LogP) is 0.607. The molecule has 66 valence electrons. The minimum atomic E-state index is -4.55. The molecule has 0 bridgehead atoms. The highest BCUT2D eigenvalue weighted by atomic mass is 35.5. The Bertz CT molecular complexity index is 405. The fraction of sp³-hybridized carbons (Fsp3) is 0. The van der Waals surface area contributed by atoms with E-state index in [0.717, 1.165) is 12.1 Å². The first-order chi connectivity index (χ1) is 5.43. The Morgan fingerprint density at radius 1 is 1.50 bits per heavy atom. The van der Waals surface area contributed by atoms with Gasteiger partial charge >= 0.3 is 20.3 Å². The summed E-state index contributed by atoms with van der Waals surface area (Å²) in [6, 6.07) is 3.25. The molecule has 0 saturated heterocycles. The summed E-state index contributed by atoms with van der Waals surface area (Å²) in [5.41, 5.74) is 0. The van der Waals surface area contributed by atoms with Crippen molar-refractivity contribution in [3.8, 4) is 0 Å². The molecule has 0 fully saturated rings. The van der Waals surface area contributed by atoms with Gasteiger partial charge in [0.1, 0.15) is 0 Å². The maximum Gasteiger partial charge on any atom is 0.371 e. The molecule has 1 heterocycles. The first-order valence-corrected chi connectivity index (χ1v) is 4.59. The summed E-state index contributed by atoms with van der Waals surface area (Å²) in [6.07, 6.45) is 0. The highest BCUT2D eigenvalue weighted by Gasteiger charge is 2.27. The zero-order chi connectivity index (χ0) is 9.35. The van der Waals surface area contributed by atoms with Crippen LogP contribution in [0.1, 0.15) is 0 Å². The van der Waals surface area contributed by atoms with Crippen molar-refractivity contribution >= 4 is 21.7 Å². The first kappa shape index (κ1) is 9.37. The molecule has 0 saturated carbocycles. The fourth-order valence-electron chi connectivity index (χ4n) is 0.633. The van der Waals surface area contributed by atoms with E-state index in [1.165, 1.54) is 6.07 Å². The molecule has 0 aliphatic carbocycles. The zero-order valence-corrected chi connectivity index (χ0v) is 7.18. The summed E-state index contributed by atoms with van der Waals surface area (Å²) >= 11 is 5.23. The van der Waals surface area contributed by atoms with Gasteiger partial charge in [0.2, 0.25) is 0 Å². The largest absolute Gasteiger partial charge is 0.371 e. The Morgan fingerprint density at radius 3 is 2.50 bits per heavy atom. The molecule has 7 heteroatoms. The molecule has 0 radical (unpaired) electrons. The minimum absolute atomic E-state index is 0.323. The molecule has 0 aliphatic heterocycles. The van der Waals surface area contributed by atoms with Crippen LogP contribution in [0.3, 0.4) is 0 Å². The average molecular weight is 213 g/mol. The molecule has 0 atom stereocenters. The summed E-state index contributed by atoms with van der Waals surface area (Å²) in [5.74, 6) is 0. The molecule has 1 aromatic heterocycles. The first-order valence-electron chi connectivity index (χ1n) is 2.77. The lowest BCUT2D eigenvalue weighted by atomic mass is 10.5. The smallest absolute Gasteiger partial charge is 0.277 e. The van der Waals surface area contributed by atoms with Gasteiger partial charge in [-0.2, -0.15) is 8.42 Å².